The maximum Gasteiger partial charge on any atom is 0.162 e. The summed E-state index contributed by atoms with van der Waals surface area (Å²) < 4.78 is 0.750. The van der Waals surface area contributed by atoms with E-state index in [1.807, 2.05) is 25.3 Å². The summed E-state index contributed by atoms with van der Waals surface area (Å²) in [6.45, 7) is 6.25. The van der Waals surface area contributed by atoms with Gasteiger partial charge in [0, 0.05) is 28.4 Å². The van der Waals surface area contributed by atoms with Gasteiger partial charge in [0.2, 0.25) is 0 Å². The molecule has 1 aliphatic carbocycles. The van der Waals surface area contributed by atoms with Crippen LogP contribution < -0.4 is 0 Å². The van der Waals surface area contributed by atoms with Gasteiger partial charge in [-0.2, -0.15) is 5.26 Å². The number of ketones is 1. The summed E-state index contributed by atoms with van der Waals surface area (Å²) in [7, 11) is 0. The Balaban J connectivity index is 2.11. The molecular weight excluding hydrogens is 340 g/mol. The number of benzene rings is 1. The van der Waals surface area contributed by atoms with Crippen molar-refractivity contribution in [3.8, 4) is 6.07 Å². The van der Waals surface area contributed by atoms with Crippen molar-refractivity contribution < 1.29 is 4.79 Å². The molecule has 1 aromatic rings. The Kier molecular flexibility index (Phi) is 3.37. The summed E-state index contributed by atoms with van der Waals surface area (Å²) in [4.78, 5) is 17.2. The first-order valence-corrected chi connectivity index (χ1v) is 8.08. The van der Waals surface area contributed by atoms with Crippen molar-refractivity contribution in [3.63, 3.8) is 0 Å². The van der Waals surface area contributed by atoms with Gasteiger partial charge in [-0.1, -0.05) is 19.9 Å². The molecule has 4 heteroatoms. The average molecular weight is 357 g/mol. The number of carbonyl (C=O) groups is 1. The minimum atomic E-state index is -0.501. The van der Waals surface area contributed by atoms with E-state index in [0.717, 1.165) is 27.7 Å². The third-order valence-electron chi connectivity index (χ3n) is 4.54. The number of halogens is 1. The van der Waals surface area contributed by atoms with Crippen LogP contribution in [0, 0.1) is 16.7 Å². The van der Waals surface area contributed by atoms with Crippen LogP contribution in [-0.2, 0) is 10.2 Å². The molecule has 0 N–H and O–H groups in total. The first-order chi connectivity index (χ1) is 10.3. The van der Waals surface area contributed by atoms with Crippen LogP contribution in [0.3, 0.4) is 0 Å². The van der Waals surface area contributed by atoms with Gasteiger partial charge in [-0.25, -0.2) is 0 Å². The molecule has 1 atom stereocenters. The van der Waals surface area contributed by atoms with Crippen LogP contribution in [-0.4, -0.2) is 12.0 Å². The Morgan fingerprint density at radius 2 is 2.00 bits per heavy atom. The second-order valence-corrected chi connectivity index (χ2v) is 7.88. The normalized spacial score (nSPS) is 26.0. The van der Waals surface area contributed by atoms with Gasteiger partial charge in [-0.3, -0.25) is 9.79 Å². The number of nitrogens with zero attached hydrogens (tertiary/aromatic N) is 2. The van der Waals surface area contributed by atoms with Gasteiger partial charge in [0.25, 0.3) is 0 Å². The van der Waals surface area contributed by atoms with E-state index in [9.17, 15) is 4.79 Å². The monoisotopic (exact) mass is 356 g/mol. The Morgan fingerprint density at radius 1 is 1.27 bits per heavy atom. The Bertz CT molecular complexity index is 783. The average Bonchev–Trinajstić information content (AvgIpc) is 2.75. The van der Waals surface area contributed by atoms with E-state index >= 15 is 0 Å². The highest BCUT2D eigenvalue weighted by molar-refractivity contribution is 9.10. The Hall–Kier alpha value is -1.73. The first-order valence-electron chi connectivity index (χ1n) is 7.29. The van der Waals surface area contributed by atoms with Crippen LogP contribution in [0.4, 0.5) is 0 Å². The number of nitriles is 1. The van der Waals surface area contributed by atoms with Crippen LogP contribution in [0.25, 0.3) is 0 Å². The quantitative estimate of drug-likeness (QED) is 0.752. The maximum absolute atomic E-state index is 12.7. The summed E-state index contributed by atoms with van der Waals surface area (Å²) >= 11 is 3.43. The lowest BCUT2D eigenvalue weighted by Gasteiger charge is -2.33. The molecular formula is C18H17BrN2O. The highest BCUT2D eigenvalue weighted by atomic mass is 79.9. The molecule has 0 amide bonds. The van der Waals surface area contributed by atoms with E-state index in [1.54, 1.807) is 6.07 Å². The van der Waals surface area contributed by atoms with Crippen molar-refractivity contribution in [2.45, 2.75) is 39.0 Å². The second kappa shape index (κ2) is 4.89. The van der Waals surface area contributed by atoms with Crippen molar-refractivity contribution in [3.05, 3.63) is 45.1 Å². The molecule has 2 aliphatic rings. The number of Topliss-reactive ketones (excluding diaryl/α,β-unsaturated/α-hetero) is 1. The van der Waals surface area contributed by atoms with Crippen LogP contribution >= 0.6 is 15.9 Å². The molecule has 0 aromatic heterocycles. The molecule has 0 bridgehead atoms. The standard InChI is InChI=1S/C18H17BrN2O/c1-17(2)7-14-16(15(22)8-17)18(3,10-21-14)12-5-4-11(9-20)13(19)6-12/h4-6,10H,7-8H2,1-3H3. The van der Waals surface area contributed by atoms with Gasteiger partial charge in [-0.15, -0.1) is 0 Å². The highest BCUT2D eigenvalue weighted by Crippen LogP contribution is 2.47. The topological polar surface area (TPSA) is 53.2 Å². The van der Waals surface area contributed by atoms with Gasteiger partial charge in [0.15, 0.2) is 5.78 Å². The lowest BCUT2D eigenvalue weighted by atomic mass is 9.68. The summed E-state index contributed by atoms with van der Waals surface area (Å²) in [6, 6.07) is 7.77. The van der Waals surface area contributed by atoms with E-state index in [2.05, 4.69) is 40.8 Å². The molecule has 1 aliphatic heterocycles. The van der Waals surface area contributed by atoms with E-state index in [0.29, 0.717) is 12.0 Å². The SMILES string of the molecule is CC1(C)CC(=O)C2=C(C1)N=CC2(C)c1ccc(C#N)c(Br)c1. The predicted molar refractivity (Wildman–Crippen MR) is 89.7 cm³/mol. The van der Waals surface area contributed by atoms with Crippen molar-refractivity contribution in [2.24, 2.45) is 10.4 Å². The lowest BCUT2D eigenvalue weighted by Crippen LogP contribution is -2.34. The van der Waals surface area contributed by atoms with Gasteiger partial charge in [0.1, 0.15) is 6.07 Å². The maximum atomic E-state index is 12.7. The van der Waals surface area contributed by atoms with Gasteiger partial charge in [-0.05, 0) is 52.4 Å². The van der Waals surface area contributed by atoms with Crippen molar-refractivity contribution in [2.75, 3.05) is 0 Å². The zero-order valence-corrected chi connectivity index (χ0v) is 14.5. The van der Waals surface area contributed by atoms with Crippen LogP contribution in [0.5, 0.6) is 0 Å². The summed E-state index contributed by atoms with van der Waals surface area (Å²) in [5.74, 6) is 0.187. The molecule has 1 aromatic carbocycles. The summed E-state index contributed by atoms with van der Waals surface area (Å²) in [6.07, 6.45) is 3.27. The highest BCUT2D eigenvalue weighted by Gasteiger charge is 2.45. The molecule has 3 rings (SSSR count). The van der Waals surface area contributed by atoms with Crippen molar-refractivity contribution in [1.82, 2.24) is 0 Å². The first kappa shape index (κ1) is 15.2. The molecule has 1 heterocycles. The lowest BCUT2D eigenvalue weighted by molar-refractivity contribution is -0.118. The van der Waals surface area contributed by atoms with Crippen LogP contribution in [0.2, 0.25) is 0 Å². The smallest absolute Gasteiger partial charge is 0.162 e. The van der Waals surface area contributed by atoms with Crippen LogP contribution in [0.15, 0.2) is 38.9 Å². The number of carbonyl (C=O) groups excluding carboxylic acids is 1. The molecule has 1 unspecified atom stereocenters. The van der Waals surface area contributed by atoms with Gasteiger partial charge >= 0.3 is 0 Å². The summed E-state index contributed by atoms with van der Waals surface area (Å²) in [5.41, 5.74) is 2.80. The van der Waals surface area contributed by atoms with Gasteiger partial charge < -0.3 is 0 Å². The van der Waals surface area contributed by atoms with E-state index in [1.165, 1.54) is 0 Å². The van der Waals surface area contributed by atoms with Crippen LogP contribution in [0.1, 0.15) is 44.7 Å². The summed E-state index contributed by atoms with van der Waals surface area (Å²) in [5, 5.41) is 9.06. The van der Waals surface area contributed by atoms with E-state index < -0.39 is 5.41 Å². The fourth-order valence-electron chi connectivity index (χ4n) is 3.41. The number of allylic oxidation sites excluding steroid dienone is 2. The third kappa shape index (κ3) is 2.24. The van der Waals surface area contributed by atoms with E-state index in [-0.39, 0.29) is 11.2 Å². The zero-order chi connectivity index (χ0) is 16.1. The molecule has 0 fully saturated rings. The zero-order valence-electron chi connectivity index (χ0n) is 12.9. The predicted octanol–water partition coefficient (Wildman–Crippen LogP) is 4.31. The number of rotatable bonds is 1. The van der Waals surface area contributed by atoms with Crippen molar-refractivity contribution in [1.29, 1.82) is 5.26 Å². The number of hydrogen-bond acceptors (Lipinski definition) is 3. The largest absolute Gasteiger partial charge is 0.294 e. The second-order valence-electron chi connectivity index (χ2n) is 7.03. The fourth-order valence-corrected chi connectivity index (χ4v) is 3.87. The number of aliphatic imine (C=N–C) groups is 1. The Labute approximate surface area is 138 Å². The molecule has 22 heavy (non-hydrogen) atoms. The number of hydrogen-bond donors (Lipinski definition) is 0. The molecule has 0 radical (unpaired) electrons. The third-order valence-corrected chi connectivity index (χ3v) is 5.20. The molecule has 0 saturated carbocycles. The van der Waals surface area contributed by atoms with E-state index in [4.69, 9.17) is 5.26 Å². The minimum absolute atomic E-state index is 0.0241. The van der Waals surface area contributed by atoms with Crippen molar-refractivity contribution >= 4 is 27.9 Å². The molecule has 0 spiro atoms. The minimum Gasteiger partial charge on any atom is -0.294 e. The van der Waals surface area contributed by atoms with Gasteiger partial charge in [0.05, 0.1) is 11.0 Å². The Morgan fingerprint density at radius 3 is 2.64 bits per heavy atom. The molecule has 112 valence electrons. The fraction of sp³-hybridized carbons (Fsp3) is 0.389. The molecule has 3 nitrogen and oxygen atoms in total. The molecule has 0 saturated heterocycles.